The van der Waals surface area contributed by atoms with Crippen molar-refractivity contribution < 1.29 is 15.0 Å². The van der Waals surface area contributed by atoms with Crippen molar-refractivity contribution in [3.63, 3.8) is 0 Å². The molecule has 22 heavy (non-hydrogen) atoms. The van der Waals surface area contributed by atoms with Gasteiger partial charge in [0.15, 0.2) is 5.78 Å². The highest BCUT2D eigenvalue weighted by molar-refractivity contribution is 5.98. The van der Waals surface area contributed by atoms with E-state index in [9.17, 15) is 15.0 Å². The fraction of sp³-hybridized carbons (Fsp3) is 0.167. The van der Waals surface area contributed by atoms with E-state index < -0.39 is 0 Å². The van der Waals surface area contributed by atoms with Crippen molar-refractivity contribution in [3.05, 3.63) is 59.8 Å². The van der Waals surface area contributed by atoms with Gasteiger partial charge in [0.1, 0.15) is 11.5 Å². The Morgan fingerprint density at radius 3 is 2.77 bits per heavy atom. The number of hydrogen-bond donors (Lipinski definition) is 3. The summed E-state index contributed by atoms with van der Waals surface area (Å²) >= 11 is 0. The summed E-state index contributed by atoms with van der Waals surface area (Å²) in [7, 11) is 0. The zero-order valence-corrected chi connectivity index (χ0v) is 12.0. The molecule has 1 aromatic heterocycles. The third-order valence-electron chi connectivity index (χ3n) is 3.81. The standard InChI is InChI=1S/C18H17NO3/c20-13-8-9-18(22)15(10-13)17(21)7-3-4-12-11-19-16-6-2-1-5-14(12)16/h1-2,5-6,8-11,19-20,22H,3-4,7H2. The Bertz CT molecular complexity index is 820. The van der Waals surface area contributed by atoms with Crippen LogP contribution >= 0.6 is 0 Å². The molecule has 3 aromatic rings. The van der Waals surface area contributed by atoms with Gasteiger partial charge in [-0.25, -0.2) is 0 Å². The van der Waals surface area contributed by atoms with Crippen LogP contribution in [0.1, 0.15) is 28.8 Å². The second-order valence-corrected chi connectivity index (χ2v) is 5.34. The topological polar surface area (TPSA) is 73.3 Å². The Hall–Kier alpha value is -2.75. The molecule has 0 unspecified atom stereocenters. The van der Waals surface area contributed by atoms with Gasteiger partial charge in [0.05, 0.1) is 5.56 Å². The van der Waals surface area contributed by atoms with Gasteiger partial charge in [-0.05, 0) is 42.7 Å². The van der Waals surface area contributed by atoms with Gasteiger partial charge in [-0.15, -0.1) is 0 Å². The molecule has 0 aliphatic rings. The van der Waals surface area contributed by atoms with E-state index in [1.54, 1.807) is 0 Å². The van der Waals surface area contributed by atoms with Crippen molar-refractivity contribution in [3.8, 4) is 11.5 Å². The number of aromatic nitrogens is 1. The van der Waals surface area contributed by atoms with Crippen molar-refractivity contribution in [2.24, 2.45) is 0 Å². The first-order valence-electron chi connectivity index (χ1n) is 7.25. The number of aryl methyl sites for hydroxylation is 1. The number of H-pyrrole nitrogens is 1. The van der Waals surface area contributed by atoms with Crippen LogP contribution in [0.2, 0.25) is 0 Å². The van der Waals surface area contributed by atoms with Gasteiger partial charge < -0.3 is 15.2 Å². The quantitative estimate of drug-likeness (QED) is 0.495. The van der Waals surface area contributed by atoms with Crippen LogP contribution < -0.4 is 0 Å². The minimum Gasteiger partial charge on any atom is -0.508 e. The van der Waals surface area contributed by atoms with Crippen LogP contribution in [0.4, 0.5) is 0 Å². The van der Waals surface area contributed by atoms with E-state index >= 15 is 0 Å². The predicted octanol–water partition coefficient (Wildman–Crippen LogP) is 3.78. The second kappa shape index (κ2) is 5.93. The molecule has 0 aliphatic carbocycles. The lowest BCUT2D eigenvalue weighted by atomic mass is 10.0. The molecular formula is C18H17NO3. The first kappa shape index (κ1) is 14.2. The smallest absolute Gasteiger partial charge is 0.166 e. The summed E-state index contributed by atoms with van der Waals surface area (Å²) in [6.45, 7) is 0. The SMILES string of the molecule is O=C(CCCc1c[nH]c2ccccc12)c1cc(O)ccc1O. The van der Waals surface area contributed by atoms with Gasteiger partial charge in [-0.2, -0.15) is 0 Å². The summed E-state index contributed by atoms with van der Waals surface area (Å²) in [4.78, 5) is 15.3. The van der Waals surface area contributed by atoms with Crippen LogP contribution in [0.15, 0.2) is 48.7 Å². The Morgan fingerprint density at radius 2 is 1.91 bits per heavy atom. The van der Waals surface area contributed by atoms with Crippen molar-refractivity contribution in [1.29, 1.82) is 0 Å². The number of para-hydroxylation sites is 1. The highest BCUT2D eigenvalue weighted by Gasteiger charge is 2.12. The molecule has 3 rings (SSSR count). The number of nitrogens with one attached hydrogen (secondary N) is 1. The highest BCUT2D eigenvalue weighted by Crippen LogP contribution is 2.25. The van der Waals surface area contributed by atoms with Gasteiger partial charge in [-0.1, -0.05) is 18.2 Å². The lowest BCUT2D eigenvalue weighted by Gasteiger charge is -2.04. The van der Waals surface area contributed by atoms with E-state index in [-0.39, 0.29) is 22.8 Å². The lowest BCUT2D eigenvalue weighted by molar-refractivity contribution is 0.0977. The minimum atomic E-state index is -0.159. The number of carbonyl (C=O) groups excluding carboxylic acids is 1. The minimum absolute atomic E-state index is 0.0159. The zero-order valence-electron chi connectivity index (χ0n) is 12.0. The van der Waals surface area contributed by atoms with Crippen molar-refractivity contribution in [2.45, 2.75) is 19.3 Å². The Kier molecular flexibility index (Phi) is 3.83. The number of hydrogen-bond acceptors (Lipinski definition) is 3. The molecule has 0 amide bonds. The van der Waals surface area contributed by atoms with Gasteiger partial charge in [0.2, 0.25) is 0 Å². The van der Waals surface area contributed by atoms with Crippen LogP contribution in [0.5, 0.6) is 11.5 Å². The monoisotopic (exact) mass is 295 g/mol. The van der Waals surface area contributed by atoms with E-state index in [1.807, 2.05) is 24.4 Å². The van der Waals surface area contributed by atoms with Crippen molar-refractivity contribution >= 4 is 16.7 Å². The summed E-state index contributed by atoms with van der Waals surface area (Å²) < 4.78 is 0. The molecule has 0 radical (unpaired) electrons. The van der Waals surface area contributed by atoms with Gasteiger partial charge >= 0.3 is 0 Å². The maximum absolute atomic E-state index is 12.1. The number of phenols is 2. The summed E-state index contributed by atoms with van der Waals surface area (Å²) in [6.07, 6.45) is 3.78. The molecule has 4 nitrogen and oxygen atoms in total. The molecule has 0 aliphatic heterocycles. The average Bonchev–Trinajstić information content (AvgIpc) is 2.93. The molecule has 0 atom stereocenters. The number of phenolic OH excluding ortho intramolecular Hbond substituents is 2. The molecule has 0 spiro atoms. The van der Waals surface area contributed by atoms with Crippen LogP contribution in [0, 0.1) is 0 Å². The van der Waals surface area contributed by atoms with E-state index in [0.29, 0.717) is 12.8 Å². The first-order chi connectivity index (χ1) is 10.6. The average molecular weight is 295 g/mol. The molecule has 0 saturated heterocycles. The second-order valence-electron chi connectivity index (χ2n) is 5.34. The number of fused-ring (bicyclic) bond motifs is 1. The van der Waals surface area contributed by atoms with E-state index in [4.69, 9.17) is 0 Å². The maximum Gasteiger partial charge on any atom is 0.166 e. The molecule has 0 saturated carbocycles. The number of aromatic hydroxyl groups is 2. The van der Waals surface area contributed by atoms with Crippen LogP contribution in [0.25, 0.3) is 10.9 Å². The van der Waals surface area contributed by atoms with Gasteiger partial charge in [0.25, 0.3) is 0 Å². The van der Waals surface area contributed by atoms with E-state index in [1.165, 1.54) is 29.1 Å². The predicted molar refractivity (Wildman–Crippen MR) is 85.3 cm³/mol. The third kappa shape index (κ3) is 2.81. The Labute approximate surface area is 128 Å². The van der Waals surface area contributed by atoms with Crippen molar-refractivity contribution in [2.75, 3.05) is 0 Å². The van der Waals surface area contributed by atoms with Crippen LogP contribution in [0.3, 0.4) is 0 Å². The normalized spacial score (nSPS) is 10.9. The maximum atomic E-state index is 12.1. The summed E-state index contributed by atoms with van der Waals surface area (Å²) in [5.41, 5.74) is 2.46. The third-order valence-corrected chi connectivity index (χ3v) is 3.81. The first-order valence-corrected chi connectivity index (χ1v) is 7.25. The molecule has 4 heteroatoms. The summed E-state index contributed by atoms with van der Waals surface area (Å²) in [5.74, 6) is -0.263. The van der Waals surface area contributed by atoms with Crippen molar-refractivity contribution in [1.82, 2.24) is 4.98 Å². The molecule has 2 aromatic carbocycles. The lowest BCUT2D eigenvalue weighted by Crippen LogP contribution is -2.00. The number of carbonyl (C=O) groups is 1. The number of rotatable bonds is 5. The summed E-state index contributed by atoms with van der Waals surface area (Å²) in [6, 6.07) is 12.1. The molecule has 1 heterocycles. The molecule has 3 N–H and O–H groups in total. The fourth-order valence-electron chi connectivity index (χ4n) is 2.66. The number of Topliss-reactive ketones (excluding diaryl/α,β-unsaturated/α-hetero) is 1. The van der Waals surface area contributed by atoms with Gasteiger partial charge in [-0.3, -0.25) is 4.79 Å². The van der Waals surface area contributed by atoms with E-state index in [0.717, 1.165) is 11.9 Å². The number of benzene rings is 2. The number of ketones is 1. The largest absolute Gasteiger partial charge is 0.508 e. The van der Waals surface area contributed by atoms with E-state index in [2.05, 4.69) is 11.1 Å². The van der Waals surface area contributed by atoms with Crippen LogP contribution in [-0.4, -0.2) is 21.0 Å². The number of aromatic amines is 1. The van der Waals surface area contributed by atoms with Crippen LogP contribution in [-0.2, 0) is 6.42 Å². The molecule has 112 valence electrons. The Morgan fingerprint density at radius 1 is 1.09 bits per heavy atom. The molecular weight excluding hydrogens is 278 g/mol. The van der Waals surface area contributed by atoms with Gasteiger partial charge in [0, 0.05) is 23.5 Å². The zero-order chi connectivity index (χ0) is 15.5. The Balaban J connectivity index is 1.65. The fourth-order valence-corrected chi connectivity index (χ4v) is 2.66. The summed E-state index contributed by atoms with van der Waals surface area (Å²) in [5, 5.41) is 20.3. The molecule has 0 fully saturated rings. The molecule has 0 bridgehead atoms. The highest BCUT2D eigenvalue weighted by atomic mass is 16.3.